The van der Waals surface area contributed by atoms with E-state index in [0.717, 1.165) is 29.2 Å². The van der Waals surface area contributed by atoms with Crippen LogP contribution in [0.5, 0.6) is 5.75 Å². The summed E-state index contributed by atoms with van der Waals surface area (Å²) in [4.78, 5) is 0. The molecule has 0 saturated heterocycles. The van der Waals surface area contributed by atoms with E-state index in [0.29, 0.717) is 0 Å². The second-order valence-electron chi connectivity index (χ2n) is 5.75. The first-order chi connectivity index (χ1) is 10.3. The zero-order chi connectivity index (χ0) is 14.7. The number of fused-ring (bicyclic) bond motifs is 3. The molecule has 0 aromatic heterocycles. The Morgan fingerprint density at radius 3 is 2.43 bits per heavy atom. The van der Waals surface area contributed by atoms with Crippen molar-refractivity contribution in [1.29, 1.82) is 0 Å². The average Bonchev–Trinajstić information content (AvgIpc) is 2.53. The molecule has 0 spiro atoms. The summed E-state index contributed by atoms with van der Waals surface area (Å²) in [5.74, 6) is 0.217. The van der Waals surface area contributed by atoms with Gasteiger partial charge in [-0.1, -0.05) is 68.7 Å². The lowest BCUT2D eigenvalue weighted by Crippen LogP contribution is -1.88. The summed E-state index contributed by atoms with van der Waals surface area (Å²) in [5, 5.41) is 16.9. The maximum Gasteiger partial charge on any atom is 0.189 e. The van der Waals surface area contributed by atoms with E-state index < -0.39 is 0 Å². The second-order valence-corrected chi connectivity index (χ2v) is 5.75. The van der Waals surface area contributed by atoms with Crippen LogP contribution in [0.25, 0.3) is 21.5 Å². The van der Waals surface area contributed by atoms with Crippen LogP contribution in [0.15, 0.2) is 48.5 Å². The topological polar surface area (TPSA) is 19.9 Å². The van der Waals surface area contributed by atoms with Crippen molar-refractivity contribution in [3.05, 3.63) is 54.1 Å². The number of hydrogen-bond donors (Lipinski definition) is 0. The SMILES string of the molecule is CCCCCCc1ccc2c(ccc3ccccc32)c1[O]. The lowest BCUT2D eigenvalue weighted by Gasteiger charge is -2.08. The molecule has 0 fully saturated rings. The first-order valence-electron chi connectivity index (χ1n) is 7.91. The Kier molecular flexibility index (Phi) is 4.10. The Morgan fingerprint density at radius 2 is 1.57 bits per heavy atom. The smallest absolute Gasteiger partial charge is 0.189 e. The van der Waals surface area contributed by atoms with Gasteiger partial charge in [0.1, 0.15) is 0 Å². The van der Waals surface area contributed by atoms with Crippen LogP contribution in [-0.2, 0) is 11.5 Å². The van der Waals surface area contributed by atoms with Gasteiger partial charge in [-0.2, -0.15) is 0 Å². The molecule has 3 rings (SSSR count). The van der Waals surface area contributed by atoms with Gasteiger partial charge in [0, 0.05) is 10.9 Å². The zero-order valence-electron chi connectivity index (χ0n) is 12.6. The number of aryl methyl sites for hydroxylation is 1. The number of hydrogen-bond acceptors (Lipinski definition) is 0. The van der Waals surface area contributed by atoms with E-state index in [2.05, 4.69) is 31.2 Å². The fourth-order valence-corrected chi connectivity index (χ4v) is 3.04. The van der Waals surface area contributed by atoms with Crippen LogP contribution < -0.4 is 0 Å². The third kappa shape index (κ3) is 2.73. The van der Waals surface area contributed by atoms with Gasteiger partial charge in [-0.25, -0.2) is 0 Å². The predicted molar refractivity (Wildman–Crippen MR) is 89.4 cm³/mol. The van der Waals surface area contributed by atoms with E-state index in [1.807, 2.05) is 24.3 Å². The van der Waals surface area contributed by atoms with Gasteiger partial charge in [0.05, 0.1) is 0 Å². The largest absolute Gasteiger partial charge is 0.289 e. The molecule has 0 N–H and O–H groups in total. The summed E-state index contributed by atoms with van der Waals surface area (Å²) >= 11 is 0. The van der Waals surface area contributed by atoms with Crippen LogP contribution in [0, 0.1) is 0 Å². The van der Waals surface area contributed by atoms with Crippen LogP contribution in [0.3, 0.4) is 0 Å². The summed E-state index contributed by atoms with van der Waals surface area (Å²) in [6.07, 6.45) is 5.72. The Bertz CT molecular complexity index is 758. The van der Waals surface area contributed by atoms with Gasteiger partial charge in [0.2, 0.25) is 0 Å². The van der Waals surface area contributed by atoms with Crippen LogP contribution >= 0.6 is 0 Å². The van der Waals surface area contributed by atoms with Crippen molar-refractivity contribution in [3.63, 3.8) is 0 Å². The second kappa shape index (κ2) is 6.17. The molecule has 0 saturated carbocycles. The van der Waals surface area contributed by atoms with Crippen molar-refractivity contribution in [2.24, 2.45) is 0 Å². The monoisotopic (exact) mass is 277 g/mol. The number of unbranched alkanes of at least 4 members (excludes halogenated alkanes) is 3. The van der Waals surface area contributed by atoms with Crippen molar-refractivity contribution >= 4 is 21.5 Å². The van der Waals surface area contributed by atoms with Crippen molar-refractivity contribution < 1.29 is 5.11 Å². The Hall–Kier alpha value is -2.02. The molecule has 3 aromatic carbocycles. The van der Waals surface area contributed by atoms with E-state index in [4.69, 9.17) is 0 Å². The molecule has 0 aliphatic rings. The van der Waals surface area contributed by atoms with Crippen molar-refractivity contribution in [1.82, 2.24) is 0 Å². The normalized spacial score (nSPS) is 11.3. The van der Waals surface area contributed by atoms with Gasteiger partial charge in [-0.3, -0.25) is 5.11 Å². The summed E-state index contributed by atoms with van der Waals surface area (Å²) in [7, 11) is 0. The Labute approximate surface area is 126 Å². The molecule has 0 bridgehead atoms. The lowest BCUT2D eigenvalue weighted by atomic mass is 9.97. The standard InChI is InChI=1S/C20H21O/c1-2-3-4-5-9-16-12-13-18-17-10-7-6-8-15(17)11-14-19(18)20(16)21/h6-8,10-14H,2-5,9H2,1H3. The highest BCUT2D eigenvalue weighted by Crippen LogP contribution is 2.34. The zero-order valence-corrected chi connectivity index (χ0v) is 12.6. The van der Waals surface area contributed by atoms with Gasteiger partial charge >= 0.3 is 0 Å². The van der Waals surface area contributed by atoms with Gasteiger partial charge in [-0.15, -0.1) is 0 Å². The molecule has 0 aliphatic heterocycles. The number of rotatable bonds is 5. The van der Waals surface area contributed by atoms with Gasteiger partial charge in [0.15, 0.2) is 5.75 Å². The first kappa shape index (κ1) is 13.9. The third-order valence-electron chi connectivity index (χ3n) is 4.26. The molecule has 1 nitrogen and oxygen atoms in total. The molecular formula is C20H21O. The summed E-state index contributed by atoms with van der Waals surface area (Å²) in [6, 6.07) is 16.4. The van der Waals surface area contributed by atoms with Crippen molar-refractivity contribution in [2.45, 2.75) is 39.0 Å². The number of benzene rings is 3. The predicted octanol–water partition coefficient (Wildman–Crippen LogP) is 6.26. The van der Waals surface area contributed by atoms with Gasteiger partial charge < -0.3 is 0 Å². The minimum atomic E-state index is 0.217. The van der Waals surface area contributed by atoms with E-state index >= 15 is 0 Å². The molecule has 0 aliphatic carbocycles. The highest BCUT2D eigenvalue weighted by atomic mass is 16.3. The van der Waals surface area contributed by atoms with Crippen LogP contribution in [-0.4, -0.2) is 0 Å². The fraction of sp³-hybridized carbons (Fsp3) is 0.300. The molecule has 0 atom stereocenters. The van der Waals surface area contributed by atoms with Crippen LogP contribution in [0.1, 0.15) is 38.2 Å². The molecule has 0 heterocycles. The van der Waals surface area contributed by atoms with Crippen LogP contribution in [0.4, 0.5) is 0 Å². The first-order valence-corrected chi connectivity index (χ1v) is 7.91. The summed E-state index contributed by atoms with van der Waals surface area (Å²) < 4.78 is 0. The van der Waals surface area contributed by atoms with E-state index in [9.17, 15) is 5.11 Å². The lowest BCUT2D eigenvalue weighted by molar-refractivity contribution is 0.355. The highest BCUT2D eigenvalue weighted by molar-refractivity contribution is 6.09. The van der Waals surface area contributed by atoms with E-state index in [-0.39, 0.29) is 5.75 Å². The van der Waals surface area contributed by atoms with E-state index in [1.54, 1.807) is 0 Å². The maximum atomic E-state index is 12.6. The quantitative estimate of drug-likeness (QED) is 0.387. The molecule has 1 radical (unpaired) electrons. The van der Waals surface area contributed by atoms with Crippen molar-refractivity contribution in [2.75, 3.05) is 0 Å². The molecule has 0 amide bonds. The third-order valence-corrected chi connectivity index (χ3v) is 4.26. The average molecular weight is 277 g/mol. The molecule has 21 heavy (non-hydrogen) atoms. The minimum Gasteiger partial charge on any atom is -0.289 e. The fourth-order valence-electron chi connectivity index (χ4n) is 3.04. The highest BCUT2D eigenvalue weighted by Gasteiger charge is 2.10. The summed E-state index contributed by atoms with van der Waals surface area (Å²) in [6.45, 7) is 2.21. The maximum absolute atomic E-state index is 12.6. The van der Waals surface area contributed by atoms with E-state index in [1.165, 1.54) is 30.0 Å². The molecule has 1 heteroatoms. The van der Waals surface area contributed by atoms with Crippen LogP contribution in [0.2, 0.25) is 0 Å². The summed E-state index contributed by atoms with van der Waals surface area (Å²) in [5.41, 5.74) is 0.967. The van der Waals surface area contributed by atoms with Gasteiger partial charge in [0.25, 0.3) is 0 Å². The minimum absolute atomic E-state index is 0.217. The van der Waals surface area contributed by atoms with Crippen molar-refractivity contribution in [3.8, 4) is 5.75 Å². The molecule has 3 aromatic rings. The molecule has 0 unspecified atom stereocenters. The molecule has 107 valence electrons. The Morgan fingerprint density at radius 1 is 0.762 bits per heavy atom. The molecular weight excluding hydrogens is 256 g/mol. The Balaban J connectivity index is 1.99. The van der Waals surface area contributed by atoms with Gasteiger partial charge in [-0.05, 0) is 35.1 Å².